The molecule has 128 valence electrons. The van der Waals surface area contributed by atoms with Gasteiger partial charge in [-0.2, -0.15) is 9.36 Å². The lowest BCUT2D eigenvalue weighted by Gasteiger charge is -2.05. The number of aromatic nitrogens is 4. The van der Waals surface area contributed by atoms with Gasteiger partial charge in [-0.15, -0.1) is 0 Å². The number of nitro benzene ring substituents is 1. The first-order valence-corrected chi connectivity index (χ1v) is 7.60. The average Bonchev–Trinajstić information content (AvgIpc) is 3.00. The molecule has 0 fully saturated rings. The molecular weight excluding hydrogens is 326 g/mol. The summed E-state index contributed by atoms with van der Waals surface area (Å²) in [6.07, 6.45) is 0.546. The average molecular weight is 341 g/mol. The first-order chi connectivity index (χ1) is 12.1. The Labute approximate surface area is 142 Å². The second-order valence-electron chi connectivity index (χ2n) is 5.18. The molecule has 0 N–H and O–H groups in total. The summed E-state index contributed by atoms with van der Waals surface area (Å²) in [4.78, 5) is 22.3. The van der Waals surface area contributed by atoms with E-state index in [2.05, 4.69) is 10.4 Å². The van der Waals surface area contributed by atoms with E-state index < -0.39 is 4.92 Å². The van der Waals surface area contributed by atoms with Crippen LogP contribution in [0.5, 0.6) is 5.75 Å². The number of hydrogen-bond donors (Lipinski definition) is 0. The Hall–Kier alpha value is -3.49. The lowest BCUT2D eigenvalue weighted by molar-refractivity contribution is -0.384. The summed E-state index contributed by atoms with van der Waals surface area (Å²) in [5, 5.41) is 18.3. The van der Waals surface area contributed by atoms with Gasteiger partial charge in [0.05, 0.1) is 23.8 Å². The Morgan fingerprint density at radius 1 is 1.04 bits per heavy atom. The molecule has 0 saturated carbocycles. The number of nitrogens with zero attached hydrogens (tertiary/aromatic N) is 5. The normalized spacial score (nSPS) is 10.6. The minimum Gasteiger partial charge on any atom is -0.494 e. The third kappa shape index (κ3) is 3.89. The molecule has 0 spiro atoms. The fourth-order valence-corrected chi connectivity index (χ4v) is 2.21. The van der Waals surface area contributed by atoms with E-state index in [1.807, 2.05) is 18.2 Å². The highest BCUT2D eigenvalue weighted by atomic mass is 16.6. The van der Waals surface area contributed by atoms with E-state index in [0.717, 1.165) is 0 Å². The number of nitro groups is 1. The second kappa shape index (κ2) is 7.39. The topological polar surface area (TPSA) is 105 Å². The van der Waals surface area contributed by atoms with Gasteiger partial charge in [0.2, 0.25) is 0 Å². The molecule has 0 atom stereocenters. The third-order valence-corrected chi connectivity index (χ3v) is 3.47. The summed E-state index contributed by atoms with van der Waals surface area (Å²) in [5.41, 5.74) is 0.346. The van der Waals surface area contributed by atoms with Crippen molar-refractivity contribution in [2.75, 3.05) is 6.61 Å². The first-order valence-electron chi connectivity index (χ1n) is 7.60. The molecule has 0 aliphatic heterocycles. The maximum Gasteiger partial charge on any atom is 0.368 e. The summed E-state index contributed by atoms with van der Waals surface area (Å²) >= 11 is 0. The van der Waals surface area contributed by atoms with Crippen molar-refractivity contribution < 1.29 is 9.66 Å². The fraction of sp³-hybridized carbons (Fsp3) is 0.188. The van der Waals surface area contributed by atoms with E-state index in [-0.39, 0.29) is 11.4 Å². The summed E-state index contributed by atoms with van der Waals surface area (Å²) in [5.74, 6) is 0.533. The van der Waals surface area contributed by atoms with E-state index in [4.69, 9.17) is 4.74 Å². The monoisotopic (exact) mass is 341 g/mol. The van der Waals surface area contributed by atoms with Gasteiger partial charge < -0.3 is 4.74 Å². The van der Waals surface area contributed by atoms with Gasteiger partial charge in [-0.25, -0.2) is 4.79 Å². The Morgan fingerprint density at radius 3 is 2.44 bits per heavy atom. The summed E-state index contributed by atoms with van der Waals surface area (Å²) in [7, 11) is 0. The number of benzene rings is 2. The molecule has 25 heavy (non-hydrogen) atoms. The zero-order valence-corrected chi connectivity index (χ0v) is 13.2. The van der Waals surface area contributed by atoms with Crippen LogP contribution in [0, 0.1) is 10.1 Å². The molecule has 3 rings (SSSR count). The molecule has 0 unspecified atom stereocenters. The van der Waals surface area contributed by atoms with Crippen LogP contribution in [0.15, 0.2) is 59.4 Å². The smallest absolute Gasteiger partial charge is 0.368 e. The third-order valence-electron chi connectivity index (χ3n) is 3.47. The van der Waals surface area contributed by atoms with E-state index in [1.165, 1.54) is 33.6 Å². The molecular formula is C16H15N5O4. The predicted octanol–water partition coefficient (Wildman–Crippen LogP) is 1.81. The summed E-state index contributed by atoms with van der Waals surface area (Å²) < 4.78 is 8.00. The number of para-hydroxylation sites is 1. The first kappa shape index (κ1) is 16.4. The quantitative estimate of drug-likeness (QED) is 0.369. The highest BCUT2D eigenvalue weighted by Gasteiger charge is 2.08. The van der Waals surface area contributed by atoms with Gasteiger partial charge in [-0.3, -0.25) is 10.1 Å². The fourth-order valence-electron chi connectivity index (χ4n) is 2.21. The lowest BCUT2D eigenvalue weighted by atomic mass is 10.3. The number of non-ortho nitro benzene ring substituents is 1. The molecule has 0 aliphatic carbocycles. The van der Waals surface area contributed by atoms with Crippen LogP contribution in [0.25, 0.3) is 5.69 Å². The van der Waals surface area contributed by atoms with E-state index >= 15 is 0 Å². The van der Waals surface area contributed by atoms with Crippen LogP contribution in [0.4, 0.5) is 5.69 Å². The lowest BCUT2D eigenvalue weighted by Crippen LogP contribution is -2.25. The van der Waals surface area contributed by atoms with Crippen LogP contribution < -0.4 is 10.4 Å². The van der Waals surface area contributed by atoms with E-state index in [9.17, 15) is 14.9 Å². The second-order valence-corrected chi connectivity index (χ2v) is 5.18. The molecule has 0 bridgehead atoms. The van der Waals surface area contributed by atoms with Crippen LogP contribution in [-0.2, 0) is 6.54 Å². The Morgan fingerprint density at radius 2 is 1.76 bits per heavy atom. The SMILES string of the molecule is O=c1n(CCCOc2ccc([N+](=O)[O-])cc2)nnn1-c1ccccc1. The molecule has 9 nitrogen and oxygen atoms in total. The molecule has 0 aliphatic rings. The van der Waals surface area contributed by atoms with Crippen molar-refractivity contribution in [3.05, 3.63) is 75.2 Å². The molecule has 1 heterocycles. The van der Waals surface area contributed by atoms with Crippen molar-refractivity contribution >= 4 is 5.69 Å². The van der Waals surface area contributed by atoms with Gasteiger partial charge in [-0.1, -0.05) is 18.2 Å². The van der Waals surface area contributed by atoms with Crippen molar-refractivity contribution in [3.8, 4) is 11.4 Å². The predicted molar refractivity (Wildman–Crippen MR) is 88.8 cm³/mol. The van der Waals surface area contributed by atoms with Crippen LogP contribution >= 0.6 is 0 Å². The number of rotatable bonds is 7. The van der Waals surface area contributed by atoms with Crippen molar-refractivity contribution in [2.24, 2.45) is 0 Å². The van der Waals surface area contributed by atoms with Crippen LogP contribution in [0.3, 0.4) is 0 Å². The number of aryl methyl sites for hydroxylation is 1. The van der Waals surface area contributed by atoms with Crippen LogP contribution in [0.2, 0.25) is 0 Å². The zero-order valence-electron chi connectivity index (χ0n) is 13.2. The van der Waals surface area contributed by atoms with Gasteiger partial charge in [0.1, 0.15) is 5.75 Å². The van der Waals surface area contributed by atoms with Gasteiger partial charge >= 0.3 is 5.69 Å². The van der Waals surface area contributed by atoms with E-state index in [1.54, 1.807) is 12.1 Å². The van der Waals surface area contributed by atoms with Crippen molar-refractivity contribution in [1.29, 1.82) is 0 Å². The van der Waals surface area contributed by atoms with Gasteiger partial charge in [-0.05, 0) is 34.7 Å². The molecule has 0 saturated heterocycles. The number of ether oxygens (including phenoxy) is 1. The largest absolute Gasteiger partial charge is 0.494 e. The Bertz CT molecular complexity index is 902. The number of tetrazole rings is 1. The van der Waals surface area contributed by atoms with Crippen molar-refractivity contribution in [2.45, 2.75) is 13.0 Å². The van der Waals surface area contributed by atoms with Gasteiger partial charge in [0.25, 0.3) is 5.69 Å². The molecule has 3 aromatic rings. The van der Waals surface area contributed by atoms with Crippen LogP contribution in [-0.4, -0.2) is 31.3 Å². The van der Waals surface area contributed by atoms with E-state index in [0.29, 0.717) is 31.0 Å². The van der Waals surface area contributed by atoms with Gasteiger partial charge in [0.15, 0.2) is 0 Å². The molecule has 0 radical (unpaired) electrons. The maximum atomic E-state index is 12.2. The molecule has 9 heteroatoms. The standard InChI is InChI=1S/C16H15N5O4/c22-16-19(17-18-20(16)13-5-2-1-3-6-13)11-4-12-25-15-9-7-14(8-10-15)21(23)24/h1-3,5-10H,4,11-12H2. The minimum atomic E-state index is -0.466. The molecule has 1 aromatic heterocycles. The highest BCUT2D eigenvalue weighted by Crippen LogP contribution is 2.17. The Balaban J connectivity index is 1.54. The Kier molecular flexibility index (Phi) is 4.84. The minimum absolute atomic E-state index is 0.0106. The highest BCUT2D eigenvalue weighted by molar-refractivity contribution is 5.35. The maximum absolute atomic E-state index is 12.2. The summed E-state index contributed by atoms with van der Waals surface area (Å²) in [6.45, 7) is 0.709. The summed E-state index contributed by atoms with van der Waals surface area (Å²) in [6, 6.07) is 14.9. The zero-order chi connectivity index (χ0) is 17.6. The van der Waals surface area contributed by atoms with Crippen LogP contribution in [0.1, 0.15) is 6.42 Å². The molecule has 0 amide bonds. The van der Waals surface area contributed by atoms with Crippen molar-refractivity contribution in [3.63, 3.8) is 0 Å². The number of hydrogen-bond acceptors (Lipinski definition) is 6. The van der Waals surface area contributed by atoms with Crippen molar-refractivity contribution in [1.82, 2.24) is 19.8 Å². The molecule has 2 aromatic carbocycles. The van der Waals surface area contributed by atoms with Gasteiger partial charge in [0, 0.05) is 18.6 Å².